The van der Waals surface area contributed by atoms with Crippen LogP contribution in [0.2, 0.25) is 0 Å². The minimum Gasteiger partial charge on any atom is -0.508 e. The molecule has 4 heteroatoms. The Bertz CT molecular complexity index is 701. The molecule has 1 aliphatic heterocycles. The summed E-state index contributed by atoms with van der Waals surface area (Å²) in [6, 6.07) is 15.6. The maximum Gasteiger partial charge on any atom is 0.223 e. The molecule has 3 rings (SSSR count). The van der Waals surface area contributed by atoms with Crippen molar-refractivity contribution >= 4 is 21.8 Å². The second kappa shape index (κ2) is 7.18. The summed E-state index contributed by atoms with van der Waals surface area (Å²) in [5.74, 6) is 0.431. The van der Waals surface area contributed by atoms with Gasteiger partial charge in [-0.3, -0.25) is 4.79 Å². The molecule has 0 aliphatic carbocycles. The molecule has 23 heavy (non-hydrogen) atoms. The largest absolute Gasteiger partial charge is 0.508 e. The van der Waals surface area contributed by atoms with Crippen LogP contribution in [-0.4, -0.2) is 22.5 Å². The lowest BCUT2D eigenvalue weighted by atomic mass is 10.0. The zero-order valence-electron chi connectivity index (χ0n) is 12.9. The van der Waals surface area contributed by atoms with Crippen LogP contribution in [-0.2, 0) is 11.2 Å². The van der Waals surface area contributed by atoms with Crippen LogP contribution in [0.4, 0.5) is 0 Å². The van der Waals surface area contributed by atoms with E-state index in [1.54, 1.807) is 12.1 Å². The predicted octanol–water partition coefficient (Wildman–Crippen LogP) is 4.45. The number of halogens is 1. The van der Waals surface area contributed by atoms with Crippen LogP contribution in [0.5, 0.6) is 5.75 Å². The van der Waals surface area contributed by atoms with Gasteiger partial charge in [-0.2, -0.15) is 0 Å². The molecule has 0 bridgehead atoms. The topological polar surface area (TPSA) is 40.5 Å². The fourth-order valence-electron chi connectivity index (χ4n) is 3.23. The number of carbonyl (C=O) groups is 1. The molecule has 0 saturated carbocycles. The van der Waals surface area contributed by atoms with E-state index in [1.165, 1.54) is 5.56 Å². The van der Waals surface area contributed by atoms with E-state index in [4.69, 9.17) is 0 Å². The van der Waals surface area contributed by atoms with Gasteiger partial charge in [0.25, 0.3) is 0 Å². The summed E-state index contributed by atoms with van der Waals surface area (Å²) in [5.41, 5.74) is 2.02. The number of rotatable bonds is 4. The number of likely N-dealkylation sites (tertiary alicyclic amines) is 1. The molecule has 3 nitrogen and oxygen atoms in total. The van der Waals surface area contributed by atoms with Crippen molar-refractivity contribution < 1.29 is 9.90 Å². The fraction of sp³-hybridized carbons (Fsp3) is 0.316. The first kappa shape index (κ1) is 16.1. The van der Waals surface area contributed by atoms with E-state index in [1.807, 2.05) is 29.2 Å². The number of para-hydroxylation sites is 1. The van der Waals surface area contributed by atoms with E-state index < -0.39 is 0 Å². The van der Waals surface area contributed by atoms with Crippen LogP contribution in [0.25, 0.3) is 0 Å². The molecule has 0 radical (unpaired) electrons. The number of hydrogen-bond donors (Lipinski definition) is 1. The molecule has 1 fully saturated rings. The van der Waals surface area contributed by atoms with Crippen LogP contribution < -0.4 is 0 Å². The zero-order valence-corrected chi connectivity index (χ0v) is 14.5. The molecule has 1 heterocycles. The summed E-state index contributed by atoms with van der Waals surface area (Å²) < 4.78 is 1.04. The highest BCUT2D eigenvalue weighted by Crippen LogP contribution is 2.33. The van der Waals surface area contributed by atoms with E-state index in [-0.39, 0.29) is 17.7 Å². The van der Waals surface area contributed by atoms with Crippen molar-refractivity contribution in [2.24, 2.45) is 0 Å². The van der Waals surface area contributed by atoms with E-state index in [9.17, 15) is 9.90 Å². The number of amides is 1. The Morgan fingerprint density at radius 3 is 2.83 bits per heavy atom. The van der Waals surface area contributed by atoms with Gasteiger partial charge in [-0.1, -0.05) is 46.3 Å². The number of carbonyl (C=O) groups excluding carboxylic acids is 1. The minimum absolute atomic E-state index is 0.163. The van der Waals surface area contributed by atoms with Gasteiger partial charge in [-0.15, -0.1) is 0 Å². The average molecular weight is 374 g/mol. The smallest absolute Gasteiger partial charge is 0.223 e. The van der Waals surface area contributed by atoms with Crippen molar-refractivity contribution in [2.45, 2.75) is 31.7 Å². The van der Waals surface area contributed by atoms with E-state index in [0.29, 0.717) is 12.8 Å². The Morgan fingerprint density at radius 2 is 2.04 bits per heavy atom. The van der Waals surface area contributed by atoms with Crippen LogP contribution >= 0.6 is 15.9 Å². The fourth-order valence-corrected chi connectivity index (χ4v) is 3.65. The van der Waals surface area contributed by atoms with Gasteiger partial charge >= 0.3 is 0 Å². The third kappa shape index (κ3) is 3.75. The van der Waals surface area contributed by atoms with Crippen LogP contribution in [0.15, 0.2) is 53.0 Å². The van der Waals surface area contributed by atoms with E-state index in [2.05, 4.69) is 28.1 Å². The highest BCUT2D eigenvalue weighted by molar-refractivity contribution is 9.10. The lowest BCUT2D eigenvalue weighted by Crippen LogP contribution is -2.30. The first-order valence-electron chi connectivity index (χ1n) is 7.97. The quantitative estimate of drug-likeness (QED) is 0.859. The third-order valence-corrected chi connectivity index (χ3v) is 4.90. The van der Waals surface area contributed by atoms with Crippen molar-refractivity contribution in [1.82, 2.24) is 4.90 Å². The Hall–Kier alpha value is -1.81. The Kier molecular flexibility index (Phi) is 5.01. The normalized spacial score (nSPS) is 17.4. The molecule has 2 aromatic carbocycles. The number of benzene rings is 2. The summed E-state index contributed by atoms with van der Waals surface area (Å²) in [5, 5.41) is 9.82. The van der Waals surface area contributed by atoms with Gasteiger partial charge in [0, 0.05) is 17.4 Å². The van der Waals surface area contributed by atoms with Crippen LogP contribution in [0.1, 0.15) is 36.4 Å². The van der Waals surface area contributed by atoms with Crippen molar-refractivity contribution in [3.63, 3.8) is 0 Å². The molecule has 0 unspecified atom stereocenters. The van der Waals surface area contributed by atoms with Gasteiger partial charge in [0.15, 0.2) is 0 Å². The molecule has 2 aromatic rings. The molecule has 120 valence electrons. The van der Waals surface area contributed by atoms with E-state index in [0.717, 1.165) is 29.4 Å². The molecular weight excluding hydrogens is 354 g/mol. The number of phenols is 1. The molecule has 0 aromatic heterocycles. The summed E-state index contributed by atoms with van der Waals surface area (Å²) in [6.45, 7) is 0.816. The Balaban J connectivity index is 1.68. The molecule has 1 amide bonds. The number of aromatic hydroxyl groups is 1. The maximum absolute atomic E-state index is 12.6. The van der Waals surface area contributed by atoms with Gasteiger partial charge in [0.05, 0.1) is 6.04 Å². The minimum atomic E-state index is 0.163. The Morgan fingerprint density at radius 1 is 1.22 bits per heavy atom. The van der Waals surface area contributed by atoms with Crippen molar-refractivity contribution in [3.05, 3.63) is 64.1 Å². The summed E-state index contributed by atoms with van der Waals surface area (Å²) in [4.78, 5) is 14.6. The van der Waals surface area contributed by atoms with Gasteiger partial charge < -0.3 is 10.0 Å². The number of hydrogen-bond acceptors (Lipinski definition) is 2. The second-order valence-electron chi connectivity index (χ2n) is 5.93. The first-order chi connectivity index (χ1) is 11.1. The monoisotopic (exact) mass is 373 g/mol. The molecule has 1 saturated heterocycles. The van der Waals surface area contributed by atoms with Crippen LogP contribution in [0.3, 0.4) is 0 Å². The SMILES string of the molecule is O=C(CCc1ccccc1O)N1CCC[C@H]1c1cccc(Br)c1. The molecule has 0 spiro atoms. The zero-order chi connectivity index (χ0) is 16.2. The molecule has 1 aliphatic rings. The van der Waals surface area contributed by atoms with Gasteiger partial charge in [-0.25, -0.2) is 0 Å². The number of phenolic OH excluding ortho intramolecular Hbond substituents is 1. The van der Waals surface area contributed by atoms with Crippen LogP contribution in [0, 0.1) is 0 Å². The van der Waals surface area contributed by atoms with Crippen molar-refractivity contribution in [3.8, 4) is 5.75 Å². The highest BCUT2D eigenvalue weighted by Gasteiger charge is 2.29. The molecular formula is C19H20BrNO2. The second-order valence-corrected chi connectivity index (χ2v) is 6.84. The number of aryl methyl sites for hydroxylation is 1. The summed E-state index contributed by atoms with van der Waals surface area (Å²) in [7, 11) is 0. The summed E-state index contributed by atoms with van der Waals surface area (Å²) >= 11 is 3.50. The predicted molar refractivity (Wildman–Crippen MR) is 94.3 cm³/mol. The number of nitrogens with zero attached hydrogens (tertiary/aromatic N) is 1. The molecule has 1 N–H and O–H groups in total. The van der Waals surface area contributed by atoms with Gasteiger partial charge in [-0.05, 0) is 48.6 Å². The third-order valence-electron chi connectivity index (χ3n) is 4.41. The standard InChI is InChI=1S/C19H20BrNO2/c20-16-7-3-6-15(13-16)17-8-4-12-21(17)19(23)11-10-14-5-1-2-9-18(14)22/h1-3,5-7,9,13,17,22H,4,8,10-12H2/t17-/m0/s1. The Labute approximate surface area is 145 Å². The summed E-state index contributed by atoms with van der Waals surface area (Å²) in [6.07, 6.45) is 3.06. The van der Waals surface area contributed by atoms with Gasteiger partial charge in [0.2, 0.25) is 5.91 Å². The highest BCUT2D eigenvalue weighted by atomic mass is 79.9. The lowest BCUT2D eigenvalue weighted by molar-refractivity contribution is -0.132. The maximum atomic E-state index is 12.6. The van der Waals surface area contributed by atoms with Gasteiger partial charge in [0.1, 0.15) is 5.75 Å². The van der Waals surface area contributed by atoms with Crippen molar-refractivity contribution in [1.29, 1.82) is 0 Å². The lowest BCUT2D eigenvalue weighted by Gasteiger charge is -2.25. The average Bonchev–Trinajstić information content (AvgIpc) is 3.03. The molecule has 1 atom stereocenters. The van der Waals surface area contributed by atoms with E-state index >= 15 is 0 Å². The first-order valence-corrected chi connectivity index (χ1v) is 8.76. The van der Waals surface area contributed by atoms with Crippen molar-refractivity contribution in [2.75, 3.05) is 6.54 Å².